The van der Waals surface area contributed by atoms with Gasteiger partial charge in [0, 0.05) is 23.2 Å². The Labute approximate surface area is 207 Å². The second-order valence-electron chi connectivity index (χ2n) is 9.09. The number of aliphatic hydroxyl groups excluding tert-OH is 2. The molecule has 0 aromatic carbocycles. The molecule has 0 rings (SSSR count). The number of aliphatic hydroxyl groups is 2. The SMILES string of the molecule is CCCC(O)C(N)(CCC)CCC.CCCC(O)C(N)(CCC)CCC.O=C(O)/C=C\C(=O)O. The third-order valence-electron chi connectivity index (χ3n) is 5.68. The van der Waals surface area contributed by atoms with Gasteiger partial charge in [0.25, 0.3) is 0 Å². The van der Waals surface area contributed by atoms with Crippen molar-refractivity contribution >= 4 is 11.9 Å². The summed E-state index contributed by atoms with van der Waals surface area (Å²) in [6, 6.07) is 0. The first-order valence-electron chi connectivity index (χ1n) is 12.9. The van der Waals surface area contributed by atoms with Gasteiger partial charge in [0.15, 0.2) is 0 Å². The van der Waals surface area contributed by atoms with E-state index in [0.29, 0.717) is 12.2 Å². The van der Waals surface area contributed by atoms with Gasteiger partial charge in [-0.15, -0.1) is 0 Å². The van der Waals surface area contributed by atoms with Crippen molar-refractivity contribution in [3.63, 3.8) is 0 Å². The molecular weight excluding hydrogens is 436 g/mol. The summed E-state index contributed by atoms with van der Waals surface area (Å²) in [5.41, 5.74) is 11.7. The Morgan fingerprint density at radius 1 is 0.618 bits per heavy atom. The Hall–Kier alpha value is -1.48. The molecular formula is C26H54N2O6. The number of hydrogen-bond acceptors (Lipinski definition) is 6. The largest absolute Gasteiger partial charge is 0.478 e. The van der Waals surface area contributed by atoms with Crippen molar-refractivity contribution in [2.45, 2.75) is 142 Å². The molecule has 2 atom stereocenters. The van der Waals surface area contributed by atoms with Gasteiger partial charge in [-0.05, 0) is 38.5 Å². The zero-order valence-electron chi connectivity index (χ0n) is 22.6. The molecule has 204 valence electrons. The summed E-state index contributed by atoms with van der Waals surface area (Å²) < 4.78 is 0. The summed E-state index contributed by atoms with van der Waals surface area (Å²) in [6.45, 7) is 12.7. The number of nitrogens with two attached hydrogens (primary N) is 2. The maximum atomic E-state index is 9.91. The average molecular weight is 491 g/mol. The molecule has 8 heteroatoms. The zero-order chi connectivity index (χ0) is 27.2. The Balaban J connectivity index is -0.000000438. The fourth-order valence-electron chi connectivity index (χ4n) is 4.04. The van der Waals surface area contributed by atoms with Crippen LogP contribution in [-0.2, 0) is 9.59 Å². The second kappa shape index (κ2) is 22.0. The van der Waals surface area contributed by atoms with Crippen LogP contribution in [0, 0.1) is 0 Å². The Bertz CT molecular complexity index is 481. The molecule has 0 saturated carbocycles. The predicted octanol–water partition coefficient (Wildman–Crippen LogP) is 4.60. The van der Waals surface area contributed by atoms with Gasteiger partial charge in [-0.1, -0.05) is 80.1 Å². The van der Waals surface area contributed by atoms with Crippen molar-refractivity contribution in [2.75, 3.05) is 0 Å². The summed E-state index contributed by atoms with van der Waals surface area (Å²) in [5.74, 6) is -2.51. The van der Waals surface area contributed by atoms with Gasteiger partial charge in [0.2, 0.25) is 0 Å². The molecule has 0 aliphatic rings. The lowest BCUT2D eigenvalue weighted by Crippen LogP contribution is -2.50. The van der Waals surface area contributed by atoms with Crippen molar-refractivity contribution in [2.24, 2.45) is 11.5 Å². The Kier molecular flexibility index (Phi) is 24.0. The second-order valence-corrected chi connectivity index (χ2v) is 9.09. The molecule has 2 unspecified atom stereocenters. The molecule has 0 heterocycles. The van der Waals surface area contributed by atoms with Gasteiger partial charge >= 0.3 is 11.9 Å². The van der Waals surface area contributed by atoms with Gasteiger partial charge in [-0.3, -0.25) is 0 Å². The Morgan fingerprint density at radius 3 is 1.00 bits per heavy atom. The molecule has 8 nitrogen and oxygen atoms in total. The Morgan fingerprint density at radius 2 is 0.853 bits per heavy atom. The zero-order valence-corrected chi connectivity index (χ0v) is 22.6. The molecule has 0 radical (unpaired) electrons. The number of carbonyl (C=O) groups is 2. The van der Waals surface area contributed by atoms with Gasteiger partial charge in [-0.2, -0.15) is 0 Å². The van der Waals surface area contributed by atoms with Gasteiger partial charge in [0.1, 0.15) is 0 Å². The first kappa shape index (κ1) is 37.1. The van der Waals surface area contributed by atoms with Crippen LogP contribution in [0.3, 0.4) is 0 Å². The number of carboxylic acid groups (broad SMARTS) is 2. The summed E-state index contributed by atoms with van der Waals surface area (Å²) in [4.78, 5) is 19.1. The van der Waals surface area contributed by atoms with E-state index in [2.05, 4.69) is 41.5 Å². The van der Waals surface area contributed by atoms with Crippen LogP contribution in [0.5, 0.6) is 0 Å². The third-order valence-corrected chi connectivity index (χ3v) is 5.68. The standard InChI is InChI=1S/2C11H25NO.C4H4O4/c2*1-4-7-10(13)11(12,8-5-2)9-6-3;5-3(6)1-2-4(7)8/h2*10,13H,4-9,12H2,1-3H3;1-2H,(H,5,6)(H,7,8)/b;;2-1-. The third kappa shape index (κ3) is 18.9. The highest BCUT2D eigenvalue weighted by molar-refractivity contribution is 5.89. The molecule has 0 bridgehead atoms. The first-order chi connectivity index (χ1) is 15.8. The van der Waals surface area contributed by atoms with Crippen molar-refractivity contribution in [1.29, 1.82) is 0 Å². The van der Waals surface area contributed by atoms with Crippen LogP contribution >= 0.6 is 0 Å². The lowest BCUT2D eigenvalue weighted by Gasteiger charge is -2.34. The lowest BCUT2D eigenvalue weighted by atomic mass is 9.82. The van der Waals surface area contributed by atoms with E-state index in [1.807, 2.05) is 0 Å². The number of rotatable bonds is 16. The molecule has 0 aromatic heterocycles. The van der Waals surface area contributed by atoms with Crippen LogP contribution in [0.1, 0.15) is 119 Å². The van der Waals surface area contributed by atoms with E-state index in [9.17, 15) is 19.8 Å². The fraction of sp³-hybridized carbons (Fsp3) is 0.846. The number of carboxylic acids is 2. The predicted molar refractivity (Wildman–Crippen MR) is 140 cm³/mol. The van der Waals surface area contributed by atoms with E-state index in [0.717, 1.165) is 77.0 Å². The van der Waals surface area contributed by atoms with E-state index in [-0.39, 0.29) is 23.3 Å². The van der Waals surface area contributed by atoms with Crippen LogP contribution in [0.15, 0.2) is 12.2 Å². The molecule has 0 aliphatic carbocycles. The van der Waals surface area contributed by atoms with Crippen LogP contribution in [0.2, 0.25) is 0 Å². The van der Waals surface area contributed by atoms with Crippen LogP contribution in [0.4, 0.5) is 0 Å². The highest BCUT2D eigenvalue weighted by Crippen LogP contribution is 2.24. The highest BCUT2D eigenvalue weighted by atomic mass is 16.4. The normalized spacial score (nSPS) is 13.4. The van der Waals surface area contributed by atoms with E-state index in [1.165, 1.54) is 0 Å². The average Bonchev–Trinajstić information content (AvgIpc) is 2.74. The molecule has 8 N–H and O–H groups in total. The van der Waals surface area contributed by atoms with Crippen LogP contribution < -0.4 is 11.5 Å². The number of aliphatic carboxylic acids is 2. The van der Waals surface area contributed by atoms with E-state index in [1.54, 1.807) is 0 Å². The summed E-state index contributed by atoms with van der Waals surface area (Å²) >= 11 is 0. The smallest absolute Gasteiger partial charge is 0.328 e. The number of hydrogen-bond donors (Lipinski definition) is 6. The quantitative estimate of drug-likeness (QED) is 0.171. The molecule has 0 aliphatic heterocycles. The van der Waals surface area contributed by atoms with Crippen molar-refractivity contribution in [3.8, 4) is 0 Å². The summed E-state index contributed by atoms with van der Waals surface area (Å²) in [5, 5.41) is 35.4. The maximum absolute atomic E-state index is 9.91. The van der Waals surface area contributed by atoms with Crippen molar-refractivity contribution < 1.29 is 30.0 Å². The minimum Gasteiger partial charge on any atom is -0.478 e. The molecule has 0 aromatic rings. The van der Waals surface area contributed by atoms with Crippen LogP contribution in [0.25, 0.3) is 0 Å². The fourth-order valence-corrected chi connectivity index (χ4v) is 4.04. The van der Waals surface area contributed by atoms with Crippen LogP contribution in [-0.4, -0.2) is 55.7 Å². The minimum atomic E-state index is -1.26. The minimum absolute atomic E-state index is 0.322. The van der Waals surface area contributed by atoms with Crippen molar-refractivity contribution in [3.05, 3.63) is 12.2 Å². The van der Waals surface area contributed by atoms with Gasteiger partial charge < -0.3 is 31.9 Å². The maximum Gasteiger partial charge on any atom is 0.328 e. The highest BCUT2D eigenvalue weighted by Gasteiger charge is 2.31. The molecule has 0 saturated heterocycles. The summed E-state index contributed by atoms with van der Waals surface area (Å²) in [6.07, 6.45) is 12.1. The first-order valence-corrected chi connectivity index (χ1v) is 12.9. The van der Waals surface area contributed by atoms with Crippen molar-refractivity contribution in [1.82, 2.24) is 0 Å². The molecule has 0 spiro atoms. The van der Waals surface area contributed by atoms with E-state index < -0.39 is 11.9 Å². The molecule has 0 fully saturated rings. The summed E-state index contributed by atoms with van der Waals surface area (Å²) in [7, 11) is 0. The molecule has 34 heavy (non-hydrogen) atoms. The lowest BCUT2D eigenvalue weighted by molar-refractivity contribution is -0.134. The monoisotopic (exact) mass is 490 g/mol. The molecule has 0 amide bonds. The van der Waals surface area contributed by atoms with E-state index in [4.69, 9.17) is 21.7 Å². The van der Waals surface area contributed by atoms with Gasteiger partial charge in [-0.25, -0.2) is 9.59 Å². The topological polar surface area (TPSA) is 167 Å². The van der Waals surface area contributed by atoms with E-state index >= 15 is 0 Å². The van der Waals surface area contributed by atoms with Gasteiger partial charge in [0.05, 0.1) is 12.2 Å².